The third-order valence-corrected chi connectivity index (χ3v) is 5.60. The van der Waals surface area contributed by atoms with Crippen molar-refractivity contribution in [3.63, 3.8) is 0 Å². The monoisotopic (exact) mass is 445 g/mol. The number of hydrogen-bond acceptors (Lipinski definition) is 5. The summed E-state index contributed by atoms with van der Waals surface area (Å²) in [7, 11) is 0. The van der Waals surface area contributed by atoms with Crippen molar-refractivity contribution in [1.29, 1.82) is 0 Å². The van der Waals surface area contributed by atoms with Crippen molar-refractivity contribution in [2.75, 3.05) is 37.6 Å². The number of urea groups is 1. The van der Waals surface area contributed by atoms with Gasteiger partial charge in [0.05, 0.1) is 6.54 Å². The lowest BCUT2D eigenvalue weighted by molar-refractivity contribution is -0.134. The molecule has 0 saturated carbocycles. The van der Waals surface area contributed by atoms with Crippen LogP contribution in [0.3, 0.4) is 0 Å². The van der Waals surface area contributed by atoms with Gasteiger partial charge in [-0.05, 0) is 44.9 Å². The average Bonchev–Trinajstić information content (AvgIpc) is 3.09. The van der Waals surface area contributed by atoms with Crippen LogP contribution in [0.1, 0.15) is 24.2 Å². The lowest BCUT2D eigenvalue weighted by Crippen LogP contribution is -2.48. The summed E-state index contributed by atoms with van der Waals surface area (Å²) in [5, 5.41) is 0. The molecule has 2 fully saturated rings. The molecule has 1 aromatic heterocycles. The fraction of sp³-hybridized carbons (Fsp3) is 0.455. The van der Waals surface area contributed by atoms with Crippen LogP contribution in [0, 0.1) is 25.5 Å². The number of piperidine rings is 1. The first kappa shape index (κ1) is 21.9. The number of aromatic nitrogens is 2. The van der Waals surface area contributed by atoms with Gasteiger partial charge in [-0.2, -0.15) is 0 Å². The Kier molecular flexibility index (Phi) is 6.20. The van der Waals surface area contributed by atoms with Crippen LogP contribution in [0.15, 0.2) is 24.3 Å². The Morgan fingerprint density at radius 1 is 1.09 bits per heavy atom. The summed E-state index contributed by atoms with van der Waals surface area (Å²) < 4.78 is 32.6. The zero-order chi connectivity index (χ0) is 22.8. The standard InChI is InChI=1S/C22H25F2N5O3/c1-14-10-15(2)26-21(25-14)32-17-4-3-7-27(12-17)20(30)13-28-8-9-29(22(28)31)16-5-6-18(23)19(24)11-16/h5-6,10-11,17H,3-4,7-9,12-13H2,1-2H3/t17-/m0/s1. The van der Waals surface area contributed by atoms with E-state index in [1.54, 1.807) is 4.90 Å². The van der Waals surface area contributed by atoms with Crippen LogP contribution in [-0.4, -0.2) is 70.5 Å². The Labute approximate surface area is 184 Å². The number of hydrogen-bond donors (Lipinski definition) is 0. The number of carbonyl (C=O) groups excluding carboxylic acids is 2. The number of rotatable bonds is 5. The number of benzene rings is 1. The Bertz CT molecular complexity index is 1010. The minimum atomic E-state index is -1.02. The van der Waals surface area contributed by atoms with Crippen molar-refractivity contribution in [3.8, 4) is 6.01 Å². The molecule has 4 rings (SSSR count). The molecule has 1 aromatic carbocycles. The number of nitrogens with zero attached hydrogens (tertiary/aromatic N) is 5. The summed E-state index contributed by atoms with van der Waals surface area (Å²) >= 11 is 0. The highest BCUT2D eigenvalue weighted by molar-refractivity contribution is 5.96. The molecule has 0 radical (unpaired) electrons. The van der Waals surface area contributed by atoms with E-state index < -0.39 is 17.7 Å². The maximum atomic E-state index is 13.5. The van der Waals surface area contributed by atoms with Gasteiger partial charge in [-0.3, -0.25) is 9.69 Å². The summed E-state index contributed by atoms with van der Waals surface area (Å²) in [6, 6.07) is 5.08. The van der Waals surface area contributed by atoms with Gasteiger partial charge in [0, 0.05) is 42.8 Å². The molecule has 0 spiro atoms. The molecule has 1 atom stereocenters. The Morgan fingerprint density at radius 2 is 1.84 bits per heavy atom. The van der Waals surface area contributed by atoms with E-state index in [2.05, 4.69) is 9.97 Å². The van der Waals surface area contributed by atoms with Crippen LogP contribution in [-0.2, 0) is 4.79 Å². The molecule has 170 valence electrons. The van der Waals surface area contributed by atoms with E-state index in [0.29, 0.717) is 32.2 Å². The Morgan fingerprint density at radius 3 is 2.56 bits per heavy atom. The Hall–Kier alpha value is -3.30. The lowest BCUT2D eigenvalue weighted by atomic mass is 10.1. The normalized spacial score (nSPS) is 18.9. The number of likely N-dealkylation sites (tertiary alicyclic amines) is 1. The third-order valence-electron chi connectivity index (χ3n) is 5.60. The summed E-state index contributed by atoms with van der Waals surface area (Å²) in [4.78, 5) is 38.6. The van der Waals surface area contributed by atoms with Gasteiger partial charge in [-0.25, -0.2) is 23.5 Å². The number of aryl methyl sites for hydroxylation is 2. The van der Waals surface area contributed by atoms with E-state index in [1.165, 1.54) is 15.9 Å². The minimum absolute atomic E-state index is 0.0776. The molecule has 0 N–H and O–H groups in total. The number of amides is 3. The van der Waals surface area contributed by atoms with Crippen LogP contribution in [0.2, 0.25) is 0 Å². The fourth-order valence-electron chi connectivity index (χ4n) is 4.04. The Balaban J connectivity index is 1.35. The van der Waals surface area contributed by atoms with E-state index in [4.69, 9.17) is 4.74 Å². The number of halogens is 2. The molecule has 2 saturated heterocycles. The van der Waals surface area contributed by atoms with Gasteiger partial charge < -0.3 is 14.5 Å². The zero-order valence-electron chi connectivity index (χ0n) is 18.1. The largest absolute Gasteiger partial charge is 0.458 e. The molecule has 3 heterocycles. The molecule has 3 amide bonds. The lowest BCUT2D eigenvalue weighted by Gasteiger charge is -2.33. The first-order chi connectivity index (χ1) is 15.3. The van der Waals surface area contributed by atoms with Crippen molar-refractivity contribution in [1.82, 2.24) is 19.8 Å². The van der Waals surface area contributed by atoms with Crippen LogP contribution in [0.25, 0.3) is 0 Å². The first-order valence-electron chi connectivity index (χ1n) is 10.6. The molecule has 2 aromatic rings. The van der Waals surface area contributed by atoms with E-state index in [1.807, 2.05) is 19.9 Å². The van der Waals surface area contributed by atoms with Crippen LogP contribution >= 0.6 is 0 Å². The van der Waals surface area contributed by atoms with E-state index in [0.717, 1.165) is 36.4 Å². The molecule has 2 aliphatic heterocycles. The highest BCUT2D eigenvalue weighted by atomic mass is 19.2. The second-order valence-electron chi connectivity index (χ2n) is 8.11. The van der Waals surface area contributed by atoms with Gasteiger partial charge >= 0.3 is 12.0 Å². The summed E-state index contributed by atoms with van der Waals surface area (Å²) in [6.45, 7) is 5.27. The predicted octanol–water partition coefficient (Wildman–Crippen LogP) is 2.68. The van der Waals surface area contributed by atoms with Crippen molar-refractivity contribution < 1.29 is 23.1 Å². The predicted molar refractivity (Wildman–Crippen MR) is 112 cm³/mol. The van der Waals surface area contributed by atoms with E-state index in [-0.39, 0.29) is 24.2 Å². The molecular formula is C22H25F2N5O3. The van der Waals surface area contributed by atoms with Crippen molar-refractivity contribution in [3.05, 3.63) is 47.3 Å². The topological polar surface area (TPSA) is 78.9 Å². The molecule has 8 nitrogen and oxygen atoms in total. The van der Waals surface area contributed by atoms with Crippen LogP contribution in [0.4, 0.5) is 19.3 Å². The zero-order valence-corrected chi connectivity index (χ0v) is 18.1. The SMILES string of the molecule is Cc1cc(C)nc(O[C@H]2CCCN(C(=O)CN3CCN(c4ccc(F)c(F)c4)C3=O)C2)n1. The maximum Gasteiger partial charge on any atom is 0.325 e. The molecule has 32 heavy (non-hydrogen) atoms. The van der Waals surface area contributed by atoms with E-state index in [9.17, 15) is 18.4 Å². The molecule has 0 unspecified atom stereocenters. The highest BCUT2D eigenvalue weighted by Crippen LogP contribution is 2.23. The highest BCUT2D eigenvalue weighted by Gasteiger charge is 2.33. The second kappa shape index (κ2) is 9.05. The molecule has 0 bridgehead atoms. The number of ether oxygens (including phenoxy) is 1. The summed E-state index contributed by atoms with van der Waals surface area (Å²) in [5.41, 5.74) is 1.90. The molecule has 2 aliphatic rings. The van der Waals surface area contributed by atoms with Gasteiger partial charge in [0.1, 0.15) is 12.6 Å². The van der Waals surface area contributed by atoms with Gasteiger partial charge in [0.2, 0.25) is 5.91 Å². The van der Waals surface area contributed by atoms with Gasteiger partial charge in [0.25, 0.3) is 0 Å². The van der Waals surface area contributed by atoms with Gasteiger partial charge in [-0.1, -0.05) is 0 Å². The molecule has 10 heteroatoms. The van der Waals surface area contributed by atoms with Crippen LogP contribution < -0.4 is 9.64 Å². The second-order valence-corrected chi connectivity index (χ2v) is 8.11. The minimum Gasteiger partial charge on any atom is -0.458 e. The summed E-state index contributed by atoms with van der Waals surface area (Å²) in [6.07, 6.45) is 1.34. The van der Waals surface area contributed by atoms with Crippen molar-refractivity contribution in [2.45, 2.75) is 32.8 Å². The maximum absolute atomic E-state index is 13.5. The first-order valence-corrected chi connectivity index (χ1v) is 10.6. The van der Waals surface area contributed by atoms with Gasteiger partial charge in [0.15, 0.2) is 11.6 Å². The number of anilines is 1. The molecule has 0 aliphatic carbocycles. The van der Waals surface area contributed by atoms with Crippen molar-refractivity contribution >= 4 is 17.6 Å². The average molecular weight is 445 g/mol. The van der Waals surface area contributed by atoms with E-state index >= 15 is 0 Å². The number of carbonyl (C=O) groups is 2. The van der Waals surface area contributed by atoms with Crippen LogP contribution in [0.5, 0.6) is 6.01 Å². The van der Waals surface area contributed by atoms with Crippen molar-refractivity contribution in [2.24, 2.45) is 0 Å². The smallest absolute Gasteiger partial charge is 0.325 e. The van der Waals surface area contributed by atoms with Gasteiger partial charge in [-0.15, -0.1) is 0 Å². The fourth-order valence-corrected chi connectivity index (χ4v) is 4.04. The quantitative estimate of drug-likeness (QED) is 0.707. The third kappa shape index (κ3) is 4.79. The molecular weight excluding hydrogens is 420 g/mol. The summed E-state index contributed by atoms with van der Waals surface area (Å²) in [5.74, 6) is -2.17.